The molecule has 0 radical (unpaired) electrons. The summed E-state index contributed by atoms with van der Waals surface area (Å²) >= 11 is 0. The van der Waals surface area contributed by atoms with Crippen molar-refractivity contribution in [3.8, 4) is 11.1 Å². The summed E-state index contributed by atoms with van der Waals surface area (Å²) in [5, 5.41) is 16.1. The van der Waals surface area contributed by atoms with Crippen molar-refractivity contribution in [2.45, 2.75) is 24.3 Å². The normalized spacial score (nSPS) is 15.1. The van der Waals surface area contributed by atoms with Gasteiger partial charge in [-0.25, -0.2) is 9.59 Å². The van der Waals surface area contributed by atoms with Gasteiger partial charge in [-0.2, -0.15) is 0 Å². The summed E-state index contributed by atoms with van der Waals surface area (Å²) in [6.07, 6.45) is -0.00856. The van der Waals surface area contributed by atoms with Gasteiger partial charge < -0.3 is 25.8 Å². The van der Waals surface area contributed by atoms with Crippen molar-refractivity contribution in [3.63, 3.8) is 0 Å². The summed E-state index contributed by atoms with van der Waals surface area (Å²) in [4.78, 5) is 46.8. The summed E-state index contributed by atoms with van der Waals surface area (Å²) in [5.41, 5.74) is 3.19. The van der Waals surface area contributed by atoms with E-state index in [-0.39, 0.29) is 25.6 Å². The second-order valence-corrected chi connectivity index (χ2v) is 7.89. The molecule has 0 unspecified atom stereocenters. The lowest BCUT2D eigenvalue weighted by molar-refractivity contribution is -0.143. The SMILES string of the molecule is O=C(CNC(=O)OCC1c2ccccc2-c2ccccc21)NCC(=O)NC1(C(=O)O)CC1. The van der Waals surface area contributed by atoms with Crippen LogP contribution in [0, 0.1) is 0 Å². The third-order valence-electron chi connectivity index (χ3n) is 5.72. The van der Waals surface area contributed by atoms with Crippen LogP contribution in [0.15, 0.2) is 48.5 Å². The first-order valence-electron chi connectivity index (χ1n) is 10.3. The average Bonchev–Trinajstić information content (AvgIpc) is 3.51. The Morgan fingerprint density at radius 1 is 0.875 bits per heavy atom. The molecule has 0 aliphatic heterocycles. The highest BCUT2D eigenvalue weighted by Gasteiger charge is 2.51. The van der Waals surface area contributed by atoms with E-state index in [1.54, 1.807) is 0 Å². The Labute approximate surface area is 184 Å². The van der Waals surface area contributed by atoms with Gasteiger partial charge in [-0.15, -0.1) is 0 Å². The van der Waals surface area contributed by atoms with Crippen molar-refractivity contribution < 1.29 is 29.0 Å². The number of hydrogen-bond donors (Lipinski definition) is 4. The summed E-state index contributed by atoms with van der Waals surface area (Å²) < 4.78 is 5.34. The maximum Gasteiger partial charge on any atom is 0.407 e. The quantitative estimate of drug-likeness (QED) is 0.493. The largest absolute Gasteiger partial charge is 0.480 e. The molecule has 0 saturated heterocycles. The first-order valence-corrected chi connectivity index (χ1v) is 10.3. The van der Waals surface area contributed by atoms with Crippen LogP contribution in [0.25, 0.3) is 11.1 Å². The molecule has 32 heavy (non-hydrogen) atoms. The van der Waals surface area contributed by atoms with Crippen molar-refractivity contribution >= 4 is 23.9 Å². The minimum absolute atomic E-state index is 0.0883. The van der Waals surface area contributed by atoms with Gasteiger partial charge in [0.15, 0.2) is 0 Å². The number of fused-ring (bicyclic) bond motifs is 3. The molecule has 2 aliphatic rings. The minimum Gasteiger partial charge on any atom is -0.480 e. The number of ether oxygens (including phenoxy) is 1. The highest BCUT2D eigenvalue weighted by Crippen LogP contribution is 2.44. The Bertz CT molecular complexity index is 1030. The molecular weight excluding hydrogens is 414 g/mol. The molecule has 0 bridgehead atoms. The van der Waals surface area contributed by atoms with Crippen molar-refractivity contribution in [1.82, 2.24) is 16.0 Å². The predicted octanol–water partition coefficient (Wildman–Crippen LogP) is 1.37. The molecule has 1 saturated carbocycles. The Balaban J connectivity index is 1.22. The third-order valence-corrected chi connectivity index (χ3v) is 5.72. The van der Waals surface area contributed by atoms with Crippen LogP contribution in [-0.4, -0.2) is 54.2 Å². The first-order chi connectivity index (χ1) is 15.4. The molecule has 166 valence electrons. The standard InChI is InChI=1S/C23H23N3O6/c27-19(24-12-20(28)26-23(9-10-23)21(29)30)11-25-22(31)32-13-18-16-7-3-1-5-14(16)15-6-2-4-8-17(15)18/h1-8,18H,9-13H2,(H,24,27)(H,25,31)(H,26,28)(H,29,30). The van der Waals surface area contributed by atoms with Gasteiger partial charge in [0.25, 0.3) is 0 Å². The summed E-state index contributed by atoms with van der Waals surface area (Å²) in [6.45, 7) is -0.616. The number of rotatable bonds is 8. The molecule has 0 aromatic heterocycles. The Morgan fingerprint density at radius 2 is 1.44 bits per heavy atom. The van der Waals surface area contributed by atoms with E-state index in [2.05, 4.69) is 16.0 Å². The monoisotopic (exact) mass is 437 g/mol. The van der Waals surface area contributed by atoms with E-state index in [1.807, 2.05) is 48.5 Å². The number of nitrogens with one attached hydrogen (secondary N) is 3. The first kappa shape index (κ1) is 21.4. The Kier molecular flexibility index (Phi) is 5.81. The van der Waals surface area contributed by atoms with Gasteiger partial charge >= 0.3 is 12.1 Å². The fourth-order valence-corrected chi connectivity index (χ4v) is 3.87. The van der Waals surface area contributed by atoms with Crippen LogP contribution in [0.5, 0.6) is 0 Å². The van der Waals surface area contributed by atoms with Crippen LogP contribution in [0.2, 0.25) is 0 Å². The van der Waals surface area contributed by atoms with Crippen LogP contribution < -0.4 is 16.0 Å². The molecule has 0 heterocycles. The van der Waals surface area contributed by atoms with Gasteiger partial charge in [0.05, 0.1) is 6.54 Å². The van der Waals surface area contributed by atoms with Crippen LogP contribution in [0.3, 0.4) is 0 Å². The molecule has 3 amide bonds. The van der Waals surface area contributed by atoms with Gasteiger partial charge in [0.2, 0.25) is 11.8 Å². The van der Waals surface area contributed by atoms with Crippen LogP contribution in [-0.2, 0) is 19.1 Å². The number of hydrogen-bond acceptors (Lipinski definition) is 5. The van der Waals surface area contributed by atoms with Crippen LogP contribution in [0.1, 0.15) is 29.9 Å². The average molecular weight is 437 g/mol. The number of carbonyl (C=O) groups is 4. The third kappa shape index (κ3) is 4.41. The topological polar surface area (TPSA) is 134 Å². The van der Waals surface area contributed by atoms with E-state index < -0.39 is 29.4 Å². The lowest BCUT2D eigenvalue weighted by Crippen LogP contribution is -2.48. The number of carboxylic acid groups (broad SMARTS) is 1. The maximum atomic E-state index is 12.1. The molecule has 2 aliphatic carbocycles. The fraction of sp³-hybridized carbons (Fsp3) is 0.304. The Morgan fingerprint density at radius 3 is 2.00 bits per heavy atom. The van der Waals surface area contributed by atoms with Crippen molar-refractivity contribution in [1.29, 1.82) is 0 Å². The van der Waals surface area contributed by atoms with Gasteiger partial charge in [0.1, 0.15) is 18.7 Å². The number of carbonyl (C=O) groups excluding carboxylic acids is 3. The summed E-state index contributed by atoms with van der Waals surface area (Å²) in [6, 6.07) is 15.9. The van der Waals surface area contributed by atoms with Gasteiger partial charge in [-0.3, -0.25) is 9.59 Å². The summed E-state index contributed by atoms with van der Waals surface area (Å²) in [5.74, 6) is -2.36. The zero-order chi connectivity index (χ0) is 22.7. The van der Waals surface area contributed by atoms with E-state index in [9.17, 15) is 19.2 Å². The van der Waals surface area contributed by atoms with E-state index in [0.717, 1.165) is 22.3 Å². The number of alkyl carbamates (subject to hydrolysis) is 1. The second kappa shape index (κ2) is 8.70. The maximum absolute atomic E-state index is 12.1. The molecule has 9 heteroatoms. The highest BCUT2D eigenvalue weighted by atomic mass is 16.5. The molecule has 0 spiro atoms. The van der Waals surface area contributed by atoms with Crippen molar-refractivity contribution in [2.24, 2.45) is 0 Å². The lowest BCUT2D eigenvalue weighted by atomic mass is 9.98. The van der Waals surface area contributed by atoms with E-state index in [4.69, 9.17) is 9.84 Å². The molecule has 2 aromatic carbocycles. The number of carboxylic acids is 1. The van der Waals surface area contributed by atoms with Gasteiger partial charge in [0, 0.05) is 5.92 Å². The van der Waals surface area contributed by atoms with E-state index in [1.165, 1.54) is 0 Å². The second-order valence-electron chi connectivity index (χ2n) is 7.89. The number of amides is 3. The van der Waals surface area contributed by atoms with Crippen molar-refractivity contribution in [3.05, 3.63) is 59.7 Å². The fourth-order valence-electron chi connectivity index (χ4n) is 3.87. The summed E-state index contributed by atoms with van der Waals surface area (Å²) in [7, 11) is 0. The van der Waals surface area contributed by atoms with Gasteiger partial charge in [-0.05, 0) is 35.1 Å². The van der Waals surface area contributed by atoms with E-state index >= 15 is 0 Å². The zero-order valence-corrected chi connectivity index (χ0v) is 17.2. The zero-order valence-electron chi connectivity index (χ0n) is 17.2. The number of benzene rings is 2. The highest BCUT2D eigenvalue weighted by molar-refractivity contribution is 5.92. The molecular formula is C23H23N3O6. The Hall–Kier alpha value is -3.88. The molecule has 1 fully saturated rings. The van der Waals surface area contributed by atoms with Gasteiger partial charge in [-0.1, -0.05) is 48.5 Å². The lowest BCUT2D eigenvalue weighted by Gasteiger charge is -2.15. The van der Waals surface area contributed by atoms with Crippen LogP contribution >= 0.6 is 0 Å². The molecule has 2 aromatic rings. The molecule has 0 atom stereocenters. The smallest absolute Gasteiger partial charge is 0.407 e. The molecule has 9 nitrogen and oxygen atoms in total. The predicted molar refractivity (Wildman–Crippen MR) is 114 cm³/mol. The van der Waals surface area contributed by atoms with Crippen LogP contribution in [0.4, 0.5) is 4.79 Å². The molecule has 4 N–H and O–H groups in total. The minimum atomic E-state index is -1.21. The molecule has 4 rings (SSSR count). The number of aliphatic carboxylic acids is 1. The van der Waals surface area contributed by atoms with Crippen molar-refractivity contribution in [2.75, 3.05) is 19.7 Å². The van der Waals surface area contributed by atoms with E-state index in [0.29, 0.717) is 12.8 Å².